The SMILES string of the molecule is C=C=C(OC)c1ccc(C(CCCC)CCCC(=O)OC(C)(C)C)cc1OC. The Morgan fingerprint density at radius 1 is 1.18 bits per heavy atom. The van der Waals surface area contributed by atoms with Crippen LogP contribution in [0.4, 0.5) is 0 Å². The number of unbranched alkanes of at least 4 members (excludes halogenated alkanes) is 1. The molecule has 1 rings (SSSR count). The van der Waals surface area contributed by atoms with Crippen molar-refractivity contribution in [3.8, 4) is 5.75 Å². The highest BCUT2D eigenvalue weighted by Gasteiger charge is 2.19. The van der Waals surface area contributed by atoms with Crippen molar-refractivity contribution >= 4 is 11.7 Å². The van der Waals surface area contributed by atoms with Gasteiger partial charge in [0.25, 0.3) is 0 Å². The van der Waals surface area contributed by atoms with Gasteiger partial charge in [0, 0.05) is 6.42 Å². The van der Waals surface area contributed by atoms with Crippen LogP contribution in [0, 0.1) is 0 Å². The fourth-order valence-corrected chi connectivity index (χ4v) is 3.24. The first kappa shape index (κ1) is 23.8. The summed E-state index contributed by atoms with van der Waals surface area (Å²) in [5.41, 5.74) is 4.43. The van der Waals surface area contributed by atoms with Gasteiger partial charge in [-0.25, -0.2) is 0 Å². The molecule has 1 aromatic carbocycles. The molecule has 1 unspecified atom stereocenters. The normalized spacial score (nSPS) is 12.1. The zero-order chi connectivity index (χ0) is 21.2. The summed E-state index contributed by atoms with van der Waals surface area (Å²) < 4.78 is 16.3. The molecule has 0 saturated heterocycles. The van der Waals surface area contributed by atoms with Gasteiger partial charge in [0.1, 0.15) is 11.4 Å². The molecule has 0 saturated carbocycles. The molecule has 4 nitrogen and oxygen atoms in total. The van der Waals surface area contributed by atoms with Gasteiger partial charge in [-0.2, -0.15) is 0 Å². The minimum atomic E-state index is -0.431. The molecule has 0 aliphatic rings. The van der Waals surface area contributed by atoms with Crippen LogP contribution in [0.1, 0.15) is 83.3 Å². The number of methoxy groups -OCH3 is 2. The van der Waals surface area contributed by atoms with Crippen LogP contribution < -0.4 is 4.74 Å². The highest BCUT2D eigenvalue weighted by Crippen LogP contribution is 2.34. The Morgan fingerprint density at radius 3 is 2.39 bits per heavy atom. The Balaban J connectivity index is 2.91. The molecule has 4 heteroatoms. The number of esters is 1. The lowest BCUT2D eigenvalue weighted by atomic mass is 9.88. The number of hydrogen-bond acceptors (Lipinski definition) is 4. The predicted octanol–water partition coefficient (Wildman–Crippen LogP) is 6.25. The number of ether oxygens (including phenoxy) is 3. The van der Waals surface area contributed by atoms with E-state index in [0.29, 0.717) is 18.1 Å². The van der Waals surface area contributed by atoms with Gasteiger partial charge in [-0.15, -0.1) is 0 Å². The minimum Gasteiger partial charge on any atom is -0.496 e. The summed E-state index contributed by atoms with van der Waals surface area (Å²) >= 11 is 0. The maximum atomic E-state index is 12.0. The molecule has 156 valence electrons. The van der Waals surface area contributed by atoms with E-state index in [1.54, 1.807) is 14.2 Å². The van der Waals surface area contributed by atoms with E-state index in [1.807, 2.05) is 26.8 Å². The first-order valence-corrected chi connectivity index (χ1v) is 10.1. The largest absolute Gasteiger partial charge is 0.496 e. The first-order valence-electron chi connectivity index (χ1n) is 10.1. The topological polar surface area (TPSA) is 44.8 Å². The van der Waals surface area contributed by atoms with E-state index in [0.717, 1.165) is 43.4 Å². The summed E-state index contributed by atoms with van der Waals surface area (Å²) in [7, 11) is 3.25. The standard InChI is InChI=1S/C24H36O4/c1-8-10-12-18(13-11-14-23(25)28-24(3,4)5)19-15-16-20(21(9-2)26-6)22(17-19)27-7/h15-18H,2,8,10-14H2,1,3-7H3. The van der Waals surface area contributed by atoms with Crippen LogP contribution in [0.2, 0.25) is 0 Å². The van der Waals surface area contributed by atoms with Crippen molar-refractivity contribution < 1.29 is 19.0 Å². The lowest BCUT2D eigenvalue weighted by molar-refractivity contribution is -0.154. The molecule has 0 spiro atoms. The maximum Gasteiger partial charge on any atom is 0.306 e. The molecule has 0 aromatic heterocycles. The number of carbonyl (C=O) groups is 1. The average molecular weight is 389 g/mol. The highest BCUT2D eigenvalue weighted by molar-refractivity contribution is 5.69. The Labute approximate surface area is 170 Å². The summed E-state index contributed by atoms with van der Waals surface area (Å²) in [6.45, 7) is 11.6. The molecule has 1 atom stereocenters. The summed E-state index contributed by atoms with van der Waals surface area (Å²) in [6.07, 6.45) is 5.57. The van der Waals surface area contributed by atoms with E-state index in [4.69, 9.17) is 14.2 Å². The van der Waals surface area contributed by atoms with Crippen molar-refractivity contribution in [1.82, 2.24) is 0 Å². The Kier molecular flexibility index (Phi) is 9.89. The molecular weight excluding hydrogens is 352 g/mol. The quantitative estimate of drug-likeness (QED) is 0.255. The van der Waals surface area contributed by atoms with Crippen LogP contribution in [0.3, 0.4) is 0 Å². The molecule has 0 amide bonds. The van der Waals surface area contributed by atoms with E-state index >= 15 is 0 Å². The Bertz CT molecular complexity index is 678. The van der Waals surface area contributed by atoms with Gasteiger partial charge in [-0.3, -0.25) is 4.79 Å². The third kappa shape index (κ3) is 7.82. The summed E-state index contributed by atoms with van der Waals surface area (Å²) in [5.74, 6) is 1.57. The van der Waals surface area contributed by atoms with Crippen molar-refractivity contribution in [1.29, 1.82) is 0 Å². The lowest BCUT2D eigenvalue weighted by Gasteiger charge is -2.21. The molecule has 0 aliphatic carbocycles. The molecule has 1 aromatic rings. The summed E-state index contributed by atoms with van der Waals surface area (Å²) in [5, 5.41) is 0. The number of rotatable bonds is 11. The number of hydrogen-bond donors (Lipinski definition) is 0. The molecule has 0 bridgehead atoms. The van der Waals surface area contributed by atoms with Gasteiger partial charge < -0.3 is 14.2 Å². The third-order valence-electron chi connectivity index (χ3n) is 4.57. The van der Waals surface area contributed by atoms with Gasteiger partial charge in [-0.05, 0) is 63.6 Å². The van der Waals surface area contributed by atoms with Crippen molar-refractivity contribution in [2.45, 2.75) is 77.7 Å². The molecule has 0 radical (unpaired) electrons. The highest BCUT2D eigenvalue weighted by atomic mass is 16.6. The third-order valence-corrected chi connectivity index (χ3v) is 4.57. The molecule has 28 heavy (non-hydrogen) atoms. The van der Waals surface area contributed by atoms with Crippen molar-refractivity contribution in [2.75, 3.05) is 14.2 Å². The maximum absolute atomic E-state index is 12.0. The van der Waals surface area contributed by atoms with Crippen LogP contribution in [0.5, 0.6) is 5.75 Å². The predicted molar refractivity (Wildman–Crippen MR) is 115 cm³/mol. The fourth-order valence-electron chi connectivity index (χ4n) is 3.24. The van der Waals surface area contributed by atoms with Crippen LogP contribution in [-0.2, 0) is 14.3 Å². The fraction of sp³-hybridized carbons (Fsp3) is 0.583. The van der Waals surface area contributed by atoms with Gasteiger partial charge in [-0.1, -0.05) is 38.1 Å². The van der Waals surface area contributed by atoms with Crippen LogP contribution in [-0.4, -0.2) is 25.8 Å². The summed E-state index contributed by atoms with van der Waals surface area (Å²) in [6, 6.07) is 6.18. The van der Waals surface area contributed by atoms with E-state index in [9.17, 15) is 4.79 Å². The number of carbonyl (C=O) groups excluding carboxylic acids is 1. The van der Waals surface area contributed by atoms with Gasteiger partial charge in [0.15, 0.2) is 5.76 Å². The lowest BCUT2D eigenvalue weighted by Crippen LogP contribution is -2.23. The first-order chi connectivity index (χ1) is 13.3. The molecule has 0 N–H and O–H groups in total. The van der Waals surface area contributed by atoms with Crippen molar-refractivity contribution in [2.24, 2.45) is 0 Å². The zero-order valence-electron chi connectivity index (χ0n) is 18.4. The Hall–Kier alpha value is -2.19. The number of benzene rings is 1. The van der Waals surface area contributed by atoms with E-state index in [1.165, 1.54) is 5.56 Å². The minimum absolute atomic E-state index is 0.129. The van der Waals surface area contributed by atoms with Gasteiger partial charge >= 0.3 is 5.97 Å². The second kappa shape index (κ2) is 11.6. The van der Waals surface area contributed by atoms with E-state index in [2.05, 4.69) is 31.4 Å². The second-order valence-corrected chi connectivity index (χ2v) is 7.99. The Morgan fingerprint density at radius 2 is 1.86 bits per heavy atom. The van der Waals surface area contributed by atoms with Gasteiger partial charge in [0.05, 0.1) is 19.8 Å². The van der Waals surface area contributed by atoms with E-state index in [-0.39, 0.29) is 5.97 Å². The van der Waals surface area contributed by atoms with E-state index < -0.39 is 5.60 Å². The smallest absolute Gasteiger partial charge is 0.306 e. The zero-order valence-corrected chi connectivity index (χ0v) is 18.4. The van der Waals surface area contributed by atoms with Crippen molar-refractivity contribution in [3.05, 3.63) is 41.6 Å². The van der Waals surface area contributed by atoms with Crippen LogP contribution >= 0.6 is 0 Å². The van der Waals surface area contributed by atoms with Crippen molar-refractivity contribution in [3.63, 3.8) is 0 Å². The van der Waals surface area contributed by atoms with Gasteiger partial charge in [0.2, 0.25) is 0 Å². The average Bonchev–Trinajstić information content (AvgIpc) is 2.64. The molecule has 0 aliphatic heterocycles. The molecular formula is C24H36O4. The van der Waals surface area contributed by atoms with Crippen LogP contribution in [0.25, 0.3) is 5.76 Å². The molecule has 0 heterocycles. The summed E-state index contributed by atoms with van der Waals surface area (Å²) in [4.78, 5) is 12.0. The monoisotopic (exact) mass is 388 g/mol. The second-order valence-electron chi connectivity index (χ2n) is 7.99. The van der Waals surface area contributed by atoms with Crippen LogP contribution in [0.15, 0.2) is 30.5 Å². The molecule has 0 fully saturated rings.